The smallest absolute Gasteiger partial charge is 0.744 e. The van der Waals surface area contributed by atoms with Crippen molar-refractivity contribution >= 4 is 32.9 Å². The summed E-state index contributed by atoms with van der Waals surface area (Å²) in [5.41, 5.74) is 2.52. The molecule has 0 amide bonds. The number of ether oxygens (including phenoxy) is 2. The largest absolute Gasteiger partial charge is 1.00 e. The molecule has 184 valence electrons. The molecule has 0 aliphatic heterocycles. The summed E-state index contributed by atoms with van der Waals surface area (Å²) >= 11 is 0. The van der Waals surface area contributed by atoms with Crippen LogP contribution in [0.2, 0.25) is 0 Å². The Morgan fingerprint density at radius 3 is 2.25 bits per heavy atom. The molecule has 0 spiro atoms. The normalized spacial score (nSPS) is 12.5. The van der Waals surface area contributed by atoms with E-state index in [0.29, 0.717) is 35.0 Å². The molecular formula is C24H25LiN4O6S. The van der Waals surface area contributed by atoms with Crippen LogP contribution in [0.4, 0.5) is 22.7 Å². The van der Waals surface area contributed by atoms with Gasteiger partial charge < -0.3 is 19.1 Å². The van der Waals surface area contributed by atoms with Crippen LogP contribution < -0.4 is 28.3 Å². The number of methoxy groups -OCH3 is 1. The Morgan fingerprint density at radius 1 is 0.944 bits per heavy atom. The minimum absolute atomic E-state index is 0. The minimum atomic E-state index is -4.58. The Hall–Kier alpha value is -3.07. The maximum absolute atomic E-state index is 11.2. The SMILES string of the molecule is CCC(O)COc1ccc(N=Nc2cc(C)c(N=Nc3cccc(S(=O)(=O)[O-])c3)cc2OC)cc1.[Li+]. The number of aliphatic hydroxyl groups excluding tert-OH is 1. The summed E-state index contributed by atoms with van der Waals surface area (Å²) in [6, 6.07) is 15.7. The Labute approximate surface area is 222 Å². The van der Waals surface area contributed by atoms with E-state index in [1.165, 1.54) is 25.3 Å². The predicted octanol–water partition coefficient (Wildman–Crippen LogP) is 2.89. The van der Waals surface area contributed by atoms with Gasteiger partial charge in [-0.25, -0.2) is 8.42 Å². The molecule has 0 fully saturated rings. The average molecular weight is 504 g/mol. The van der Waals surface area contributed by atoms with Crippen molar-refractivity contribution in [3.05, 3.63) is 66.2 Å². The topological polar surface area (TPSA) is 145 Å². The molecule has 0 bridgehead atoms. The summed E-state index contributed by atoms with van der Waals surface area (Å²) in [5.74, 6) is 1.04. The first-order valence-electron chi connectivity index (χ1n) is 10.7. The van der Waals surface area contributed by atoms with E-state index in [0.717, 1.165) is 11.6 Å². The summed E-state index contributed by atoms with van der Waals surface area (Å²) in [5, 5.41) is 26.3. The van der Waals surface area contributed by atoms with E-state index in [4.69, 9.17) is 9.47 Å². The van der Waals surface area contributed by atoms with E-state index in [1.54, 1.807) is 36.4 Å². The van der Waals surface area contributed by atoms with Crippen molar-refractivity contribution in [2.24, 2.45) is 20.5 Å². The van der Waals surface area contributed by atoms with Crippen LogP contribution in [-0.4, -0.2) is 37.9 Å². The number of nitrogens with zero attached hydrogens (tertiary/aromatic N) is 4. The van der Waals surface area contributed by atoms with Gasteiger partial charge in [-0.3, -0.25) is 0 Å². The molecule has 0 radical (unpaired) electrons. The zero-order valence-corrected chi connectivity index (χ0v) is 21.3. The van der Waals surface area contributed by atoms with Crippen molar-refractivity contribution in [3.8, 4) is 11.5 Å². The van der Waals surface area contributed by atoms with Gasteiger partial charge in [0, 0.05) is 6.07 Å². The van der Waals surface area contributed by atoms with Gasteiger partial charge in [-0.2, -0.15) is 15.3 Å². The number of hydrogen-bond acceptors (Lipinski definition) is 10. The molecule has 0 aliphatic carbocycles. The fourth-order valence-electron chi connectivity index (χ4n) is 2.86. The molecule has 3 aromatic carbocycles. The Kier molecular flexibility index (Phi) is 10.8. The first kappa shape index (κ1) is 29.2. The van der Waals surface area contributed by atoms with Gasteiger partial charge in [-0.15, -0.1) is 5.11 Å². The Bertz CT molecular complexity index is 1330. The van der Waals surface area contributed by atoms with Gasteiger partial charge in [0.05, 0.1) is 35.2 Å². The van der Waals surface area contributed by atoms with Crippen molar-refractivity contribution in [3.63, 3.8) is 0 Å². The zero-order valence-electron chi connectivity index (χ0n) is 20.5. The predicted molar refractivity (Wildman–Crippen MR) is 129 cm³/mol. The minimum Gasteiger partial charge on any atom is -0.744 e. The monoisotopic (exact) mass is 504 g/mol. The van der Waals surface area contributed by atoms with E-state index < -0.39 is 16.2 Å². The van der Waals surface area contributed by atoms with Crippen LogP contribution in [0.1, 0.15) is 18.9 Å². The summed E-state index contributed by atoms with van der Waals surface area (Å²) in [4.78, 5) is -0.378. The van der Waals surface area contributed by atoms with Gasteiger partial charge in [-0.1, -0.05) is 13.0 Å². The summed E-state index contributed by atoms with van der Waals surface area (Å²) in [7, 11) is -3.09. The molecule has 1 atom stereocenters. The van der Waals surface area contributed by atoms with Gasteiger partial charge in [0.1, 0.15) is 33.9 Å². The van der Waals surface area contributed by atoms with Crippen LogP contribution in [0.15, 0.2) is 86.0 Å². The van der Waals surface area contributed by atoms with E-state index in [2.05, 4.69) is 20.5 Å². The third-order valence-electron chi connectivity index (χ3n) is 4.90. The second kappa shape index (κ2) is 13.3. The fraction of sp³-hybridized carbons (Fsp3) is 0.250. The number of aryl methyl sites for hydroxylation is 1. The second-order valence-electron chi connectivity index (χ2n) is 7.53. The fourth-order valence-corrected chi connectivity index (χ4v) is 3.37. The van der Waals surface area contributed by atoms with Crippen LogP contribution in [0.3, 0.4) is 0 Å². The van der Waals surface area contributed by atoms with Crippen LogP contribution in [0, 0.1) is 6.92 Å². The van der Waals surface area contributed by atoms with E-state index in [1.807, 2.05) is 13.8 Å². The molecule has 36 heavy (non-hydrogen) atoms. The molecule has 1 unspecified atom stereocenters. The van der Waals surface area contributed by atoms with Gasteiger partial charge >= 0.3 is 18.9 Å². The standard InChI is InChI=1S/C24H26N4O6S.Li/c1-4-19(29)15-34-20-10-8-17(9-11-20)25-28-23-12-16(2)22(14-24(23)33-3)27-26-18-6-5-7-21(13-18)35(30,31)32;/h5-14,19,29H,4,15H2,1-3H3,(H,30,31,32);/q;+1/p-1. The van der Waals surface area contributed by atoms with Crippen LogP contribution in [0.5, 0.6) is 11.5 Å². The first-order valence-corrected chi connectivity index (χ1v) is 12.1. The van der Waals surface area contributed by atoms with Crippen molar-refractivity contribution in [2.75, 3.05) is 13.7 Å². The molecule has 0 saturated heterocycles. The van der Waals surface area contributed by atoms with Gasteiger partial charge in [0.25, 0.3) is 0 Å². The second-order valence-corrected chi connectivity index (χ2v) is 8.91. The first-order chi connectivity index (χ1) is 16.7. The molecule has 1 N–H and O–H groups in total. The Balaban J connectivity index is 0.00000456. The summed E-state index contributed by atoms with van der Waals surface area (Å²) in [6.07, 6.45) is 0.110. The van der Waals surface area contributed by atoms with Crippen molar-refractivity contribution in [2.45, 2.75) is 31.3 Å². The maximum atomic E-state index is 11.2. The molecule has 12 heteroatoms. The van der Waals surface area contributed by atoms with E-state index in [-0.39, 0.29) is 36.1 Å². The molecule has 3 rings (SSSR count). The number of azo groups is 2. The van der Waals surface area contributed by atoms with Crippen molar-refractivity contribution < 1.29 is 46.4 Å². The zero-order chi connectivity index (χ0) is 25.4. The van der Waals surface area contributed by atoms with Crippen molar-refractivity contribution in [1.29, 1.82) is 0 Å². The molecular weight excluding hydrogens is 479 g/mol. The summed E-state index contributed by atoms with van der Waals surface area (Å²) in [6.45, 7) is 3.91. The van der Waals surface area contributed by atoms with Crippen molar-refractivity contribution in [1.82, 2.24) is 0 Å². The van der Waals surface area contributed by atoms with E-state index in [9.17, 15) is 18.1 Å². The molecule has 10 nitrogen and oxygen atoms in total. The van der Waals surface area contributed by atoms with Crippen LogP contribution in [-0.2, 0) is 10.1 Å². The van der Waals surface area contributed by atoms with Crippen LogP contribution in [0.25, 0.3) is 0 Å². The number of hydrogen-bond donors (Lipinski definition) is 1. The average Bonchev–Trinajstić information content (AvgIpc) is 2.85. The Morgan fingerprint density at radius 2 is 1.61 bits per heavy atom. The van der Waals surface area contributed by atoms with E-state index >= 15 is 0 Å². The molecule has 0 aromatic heterocycles. The molecule has 0 aliphatic rings. The number of aliphatic hydroxyl groups is 1. The van der Waals surface area contributed by atoms with Gasteiger partial charge in [0.15, 0.2) is 0 Å². The molecule has 3 aromatic rings. The molecule has 0 heterocycles. The number of benzene rings is 3. The van der Waals surface area contributed by atoms with Crippen LogP contribution >= 0.6 is 0 Å². The summed E-state index contributed by atoms with van der Waals surface area (Å²) < 4.78 is 44.5. The maximum Gasteiger partial charge on any atom is 1.00 e. The number of rotatable bonds is 10. The van der Waals surface area contributed by atoms with Gasteiger partial charge in [-0.05, 0) is 67.4 Å². The quantitative estimate of drug-likeness (QED) is 0.255. The molecule has 0 saturated carbocycles. The third kappa shape index (κ3) is 8.25. The third-order valence-corrected chi connectivity index (χ3v) is 5.73. The van der Waals surface area contributed by atoms with Gasteiger partial charge in [0.2, 0.25) is 0 Å².